The van der Waals surface area contributed by atoms with Gasteiger partial charge in [-0.2, -0.15) is 4.98 Å². The minimum absolute atomic E-state index is 0.00255. The topological polar surface area (TPSA) is 68.5 Å². The minimum atomic E-state index is 0.00255. The first-order chi connectivity index (χ1) is 12.2. The first kappa shape index (κ1) is 16.0. The number of nitrogens with zero attached hydrogens (tertiary/aromatic N) is 3. The number of thiophene rings is 1. The number of benzene rings is 1. The third-order valence-corrected chi connectivity index (χ3v) is 5.03. The Morgan fingerprint density at radius 3 is 2.80 bits per heavy atom. The van der Waals surface area contributed by atoms with Crippen molar-refractivity contribution in [1.29, 1.82) is 0 Å². The molecule has 3 heterocycles. The van der Waals surface area contributed by atoms with Gasteiger partial charge < -0.3 is 14.2 Å². The van der Waals surface area contributed by atoms with Crippen LogP contribution in [0, 0.1) is 6.92 Å². The van der Waals surface area contributed by atoms with Crippen LogP contribution in [0.25, 0.3) is 22.2 Å². The smallest absolute Gasteiger partial charge is 0.268 e. The Morgan fingerprint density at radius 1 is 1.20 bits per heavy atom. The lowest BCUT2D eigenvalue weighted by Gasteiger charge is -2.26. The molecule has 3 aromatic rings. The molecule has 0 aliphatic carbocycles. The van der Waals surface area contributed by atoms with Crippen LogP contribution in [0.15, 0.2) is 40.9 Å². The van der Waals surface area contributed by atoms with Crippen LogP contribution in [-0.2, 0) is 4.74 Å². The molecule has 0 saturated carbocycles. The van der Waals surface area contributed by atoms with Crippen molar-refractivity contribution in [2.24, 2.45) is 0 Å². The molecular weight excluding hydrogens is 338 g/mol. The molecule has 0 bridgehead atoms. The maximum absolute atomic E-state index is 12.6. The second-order valence-corrected chi connectivity index (χ2v) is 7.11. The van der Waals surface area contributed by atoms with Gasteiger partial charge in [-0.15, -0.1) is 11.3 Å². The van der Waals surface area contributed by atoms with Crippen LogP contribution in [0.5, 0.6) is 0 Å². The number of aryl methyl sites for hydroxylation is 1. The van der Waals surface area contributed by atoms with Crippen LogP contribution in [-0.4, -0.2) is 47.3 Å². The molecule has 0 unspecified atom stereocenters. The molecule has 1 saturated heterocycles. The molecule has 1 aromatic carbocycles. The van der Waals surface area contributed by atoms with Gasteiger partial charge in [-0.05, 0) is 31.2 Å². The Labute approximate surface area is 149 Å². The highest BCUT2D eigenvalue weighted by Gasteiger charge is 2.19. The summed E-state index contributed by atoms with van der Waals surface area (Å²) in [6, 6.07) is 11.3. The lowest BCUT2D eigenvalue weighted by atomic mass is 10.1. The van der Waals surface area contributed by atoms with Gasteiger partial charge in [0.05, 0.1) is 18.1 Å². The third kappa shape index (κ3) is 3.33. The van der Waals surface area contributed by atoms with Crippen molar-refractivity contribution < 1.29 is 14.1 Å². The second-order valence-electron chi connectivity index (χ2n) is 5.82. The van der Waals surface area contributed by atoms with Crippen molar-refractivity contribution in [3.05, 3.63) is 46.8 Å². The minimum Gasteiger partial charge on any atom is -0.378 e. The van der Waals surface area contributed by atoms with E-state index in [1.165, 1.54) is 4.88 Å². The van der Waals surface area contributed by atoms with Gasteiger partial charge in [0.15, 0.2) is 0 Å². The van der Waals surface area contributed by atoms with E-state index >= 15 is 0 Å². The van der Waals surface area contributed by atoms with E-state index < -0.39 is 0 Å². The standard InChI is InChI=1S/C18H17N3O3S/c1-12-5-6-15(25-12)17-19-16(20-24-17)13-3-2-4-14(11-13)18(22)21-7-9-23-10-8-21/h2-6,11H,7-10H2,1H3. The fourth-order valence-corrected chi connectivity index (χ4v) is 3.52. The van der Waals surface area contributed by atoms with Crippen LogP contribution in [0.1, 0.15) is 15.2 Å². The highest BCUT2D eigenvalue weighted by molar-refractivity contribution is 7.15. The summed E-state index contributed by atoms with van der Waals surface area (Å²) in [6.45, 7) is 4.44. The molecule has 1 fully saturated rings. The first-order valence-electron chi connectivity index (χ1n) is 8.09. The van der Waals surface area contributed by atoms with E-state index in [9.17, 15) is 4.79 Å². The summed E-state index contributed by atoms with van der Waals surface area (Å²) in [5.41, 5.74) is 1.39. The third-order valence-electron chi connectivity index (χ3n) is 4.04. The van der Waals surface area contributed by atoms with E-state index in [2.05, 4.69) is 10.1 Å². The fourth-order valence-electron chi connectivity index (χ4n) is 2.73. The van der Waals surface area contributed by atoms with Gasteiger partial charge >= 0.3 is 0 Å². The molecular formula is C18H17N3O3S. The zero-order valence-corrected chi connectivity index (χ0v) is 14.6. The molecule has 1 aliphatic heterocycles. The lowest BCUT2D eigenvalue weighted by Crippen LogP contribution is -2.40. The van der Waals surface area contributed by atoms with Gasteiger partial charge in [-0.25, -0.2) is 0 Å². The summed E-state index contributed by atoms with van der Waals surface area (Å²) in [6.07, 6.45) is 0. The molecule has 6 nitrogen and oxygen atoms in total. The number of carbonyl (C=O) groups excluding carboxylic acids is 1. The average molecular weight is 355 g/mol. The lowest BCUT2D eigenvalue weighted by molar-refractivity contribution is 0.0303. The summed E-state index contributed by atoms with van der Waals surface area (Å²) in [7, 11) is 0. The number of rotatable bonds is 3. The van der Waals surface area contributed by atoms with E-state index in [4.69, 9.17) is 9.26 Å². The van der Waals surface area contributed by atoms with Gasteiger partial charge in [0.1, 0.15) is 0 Å². The Hall–Kier alpha value is -2.51. The number of ether oxygens (including phenoxy) is 1. The van der Waals surface area contributed by atoms with E-state index in [0.29, 0.717) is 43.6 Å². The predicted octanol–water partition coefficient (Wildman–Crippen LogP) is 3.25. The summed E-state index contributed by atoms with van der Waals surface area (Å²) in [5, 5.41) is 4.06. The van der Waals surface area contributed by atoms with Crippen molar-refractivity contribution in [3.63, 3.8) is 0 Å². The van der Waals surface area contributed by atoms with Crippen LogP contribution < -0.4 is 0 Å². The van der Waals surface area contributed by atoms with Crippen LogP contribution in [0.3, 0.4) is 0 Å². The van der Waals surface area contributed by atoms with E-state index in [0.717, 1.165) is 10.4 Å². The SMILES string of the molecule is Cc1ccc(-c2nc(-c3cccc(C(=O)N4CCOCC4)c3)no2)s1. The number of hydrogen-bond acceptors (Lipinski definition) is 6. The molecule has 0 N–H and O–H groups in total. The molecule has 1 aliphatic rings. The first-order valence-corrected chi connectivity index (χ1v) is 8.90. The van der Waals surface area contributed by atoms with Gasteiger partial charge in [-0.1, -0.05) is 17.3 Å². The summed E-state index contributed by atoms with van der Waals surface area (Å²) < 4.78 is 10.7. The molecule has 4 rings (SSSR count). The van der Waals surface area contributed by atoms with Crippen LogP contribution >= 0.6 is 11.3 Å². The van der Waals surface area contributed by atoms with E-state index in [-0.39, 0.29) is 5.91 Å². The quantitative estimate of drug-likeness (QED) is 0.721. The second kappa shape index (κ2) is 6.78. The van der Waals surface area contributed by atoms with Gasteiger partial charge in [0.25, 0.3) is 11.8 Å². The largest absolute Gasteiger partial charge is 0.378 e. The summed E-state index contributed by atoms with van der Waals surface area (Å²) in [4.78, 5) is 21.0. The van der Waals surface area contributed by atoms with Crippen LogP contribution in [0.4, 0.5) is 0 Å². The van der Waals surface area contributed by atoms with Gasteiger partial charge in [0, 0.05) is 29.1 Å². The number of amides is 1. The zero-order valence-electron chi connectivity index (χ0n) is 13.8. The van der Waals surface area contributed by atoms with E-state index in [1.54, 1.807) is 16.2 Å². The Balaban J connectivity index is 1.59. The number of aromatic nitrogens is 2. The Bertz CT molecular complexity index is 896. The Morgan fingerprint density at radius 2 is 2.04 bits per heavy atom. The number of hydrogen-bond donors (Lipinski definition) is 0. The van der Waals surface area contributed by atoms with Crippen molar-refractivity contribution >= 4 is 17.2 Å². The van der Waals surface area contributed by atoms with Crippen LogP contribution in [0.2, 0.25) is 0 Å². The van der Waals surface area contributed by atoms with Crippen molar-refractivity contribution in [3.8, 4) is 22.2 Å². The molecule has 25 heavy (non-hydrogen) atoms. The molecule has 1 amide bonds. The zero-order chi connectivity index (χ0) is 17.2. The number of carbonyl (C=O) groups is 1. The molecule has 0 atom stereocenters. The van der Waals surface area contributed by atoms with Crippen molar-refractivity contribution in [2.45, 2.75) is 6.92 Å². The van der Waals surface area contributed by atoms with Crippen molar-refractivity contribution in [1.82, 2.24) is 15.0 Å². The average Bonchev–Trinajstić information content (AvgIpc) is 3.31. The molecule has 0 spiro atoms. The summed E-state index contributed by atoms with van der Waals surface area (Å²) in [5.74, 6) is 0.985. The highest BCUT2D eigenvalue weighted by Crippen LogP contribution is 2.28. The maximum Gasteiger partial charge on any atom is 0.268 e. The summed E-state index contributed by atoms with van der Waals surface area (Å²) >= 11 is 1.61. The Kier molecular flexibility index (Phi) is 4.33. The molecule has 7 heteroatoms. The van der Waals surface area contributed by atoms with Gasteiger partial charge in [0.2, 0.25) is 5.82 Å². The fraction of sp³-hybridized carbons (Fsp3) is 0.278. The molecule has 128 valence electrons. The normalized spacial score (nSPS) is 14.7. The molecule has 0 radical (unpaired) electrons. The maximum atomic E-state index is 12.6. The van der Waals surface area contributed by atoms with E-state index in [1.807, 2.05) is 43.3 Å². The van der Waals surface area contributed by atoms with Gasteiger partial charge in [-0.3, -0.25) is 4.79 Å². The van der Waals surface area contributed by atoms with Crippen molar-refractivity contribution in [2.75, 3.05) is 26.3 Å². The molecule has 2 aromatic heterocycles. The predicted molar refractivity (Wildman–Crippen MR) is 94.5 cm³/mol. The monoisotopic (exact) mass is 355 g/mol. The highest BCUT2D eigenvalue weighted by atomic mass is 32.1. The number of morpholine rings is 1.